The van der Waals surface area contributed by atoms with Crippen LogP contribution in [0, 0.1) is 17.8 Å². The Morgan fingerprint density at radius 2 is 1.62 bits per heavy atom. The van der Waals surface area contributed by atoms with Gasteiger partial charge in [-0.3, -0.25) is 9.59 Å². The van der Waals surface area contributed by atoms with Gasteiger partial charge in [0, 0.05) is 31.5 Å². The molecule has 0 spiro atoms. The van der Waals surface area contributed by atoms with E-state index in [4.69, 9.17) is 4.74 Å². The minimum absolute atomic E-state index is 0.0118. The topological polar surface area (TPSA) is 95.9 Å². The zero-order chi connectivity index (χ0) is 23.8. The highest BCUT2D eigenvalue weighted by Crippen LogP contribution is 2.44. The van der Waals surface area contributed by atoms with Gasteiger partial charge in [0.25, 0.3) is 0 Å². The first-order chi connectivity index (χ1) is 16.4. The maximum Gasteiger partial charge on any atom is 0.407 e. The molecule has 1 heterocycles. The van der Waals surface area contributed by atoms with E-state index in [-0.39, 0.29) is 36.3 Å². The maximum absolute atomic E-state index is 12.6. The molecule has 2 N–H and O–H groups in total. The predicted molar refractivity (Wildman–Crippen MR) is 126 cm³/mol. The lowest BCUT2D eigenvalue weighted by molar-refractivity contribution is -0.142. The predicted octanol–water partition coefficient (Wildman–Crippen LogP) is 3.87. The summed E-state index contributed by atoms with van der Waals surface area (Å²) >= 11 is 0. The molecule has 34 heavy (non-hydrogen) atoms. The van der Waals surface area contributed by atoms with Crippen molar-refractivity contribution in [2.75, 3.05) is 19.7 Å². The van der Waals surface area contributed by atoms with Gasteiger partial charge < -0.3 is 20.1 Å². The van der Waals surface area contributed by atoms with Gasteiger partial charge in [-0.2, -0.15) is 0 Å². The summed E-state index contributed by atoms with van der Waals surface area (Å²) in [7, 11) is 0. The van der Waals surface area contributed by atoms with E-state index >= 15 is 0 Å². The molecule has 0 bridgehead atoms. The quantitative estimate of drug-likeness (QED) is 0.679. The number of likely N-dealkylation sites (tertiary alicyclic amines) is 1. The lowest BCUT2D eigenvalue weighted by atomic mass is 9.78. The summed E-state index contributed by atoms with van der Waals surface area (Å²) in [6, 6.07) is 16.5. The number of ether oxygens (including phenoxy) is 1. The van der Waals surface area contributed by atoms with E-state index in [1.165, 1.54) is 22.3 Å². The van der Waals surface area contributed by atoms with E-state index in [2.05, 4.69) is 29.6 Å². The summed E-state index contributed by atoms with van der Waals surface area (Å²) in [6.45, 7) is 2.96. The molecule has 5 rings (SSSR count). The lowest BCUT2D eigenvalue weighted by Gasteiger charge is -2.36. The van der Waals surface area contributed by atoms with Gasteiger partial charge in [-0.1, -0.05) is 55.5 Å². The van der Waals surface area contributed by atoms with E-state index in [0.29, 0.717) is 19.5 Å². The van der Waals surface area contributed by atoms with E-state index in [0.717, 1.165) is 12.8 Å². The Labute approximate surface area is 199 Å². The fraction of sp³-hybridized carbons (Fsp3) is 0.444. The van der Waals surface area contributed by atoms with Crippen LogP contribution >= 0.6 is 0 Å². The van der Waals surface area contributed by atoms with Crippen molar-refractivity contribution >= 4 is 18.0 Å². The van der Waals surface area contributed by atoms with Gasteiger partial charge in [-0.15, -0.1) is 0 Å². The lowest BCUT2D eigenvalue weighted by Crippen LogP contribution is -2.46. The summed E-state index contributed by atoms with van der Waals surface area (Å²) < 4.78 is 5.61. The molecule has 0 radical (unpaired) electrons. The number of rotatable bonds is 6. The Bertz CT molecular complexity index is 1060. The van der Waals surface area contributed by atoms with Crippen molar-refractivity contribution in [1.29, 1.82) is 0 Å². The molecule has 7 nitrogen and oxygen atoms in total. The van der Waals surface area contributed by atoms with Crippen LogP contribution in [-0.4, -0.2) is 53.7 Å². The Balaban J connectivity index is 1.07. The first-order valence-corrected chi connectivity index (χ1v) is 12.0. The summed E-state index contributed by atoms with van der Waals surface area (Å²) in [6.07, 6.45) is 1.46. The fourth-order valence-electron chi connectivity index (χ4n) is 5.69. The maximum atomic E-state index is 12.6. The molecule has 178 valence electrons. The molecule has 0 unspecified atom stereocenters. The van der Waals surface area contributed by atoms with Crippen molar-refractivity contribution in [2.24, 2.45) is 17.8 Å². The van der Waals surface area contributed by atoms with Crippen LogP contribution in [-0.2, 0) is 14.3 Å². The molecule has 1 saturated carbocycles. The standard InChI is InChI=1S/C27H30N2O5/c1-16-13-29(14-23(16)26(31)32)25(30)12-17-10-18(11-17)28-27(33)34-15-24-21-8-4-2-6-19(21)20-7-3-5-9-22(20)24/h2-9,16-18,23-24H,10-15H2,1H3,(H,28,33)(H,31,32)/t16-,17?,18?,23-/m1/s1. The van der Waals surface area contributed by atoms with Gasteiger partial charge in [-0.05, 0) is 46.9 Å². The number of carboxylic acid groups (broad SMARTS) is 1. The minimum Gasteiger partial charge on any atom is -0.481 e. The van der Waals surface area contributed by atoms with Crippen LogP contribution in [0.3, 0.4) is 0 Å². The molecule has 2 fully saturated rings. The summed E-state index contributed by atoms with van der Waals surface area (Å²) in [5, 5.41) is 12.2. The third kappa shape index (κ3) is 4.27. The highest BCUT2D eigenvalue weighted by atomic mass is 16.5. The van der Waals surface area contributed by atoms with Crippen LogP contribution < -0.4 is 5.32 Å². The van der Waals surface area contributed by atoms with Crippen molar-refractivity contribution in [1.82, 2.24) is 10.2 Å². The normalized spacial score (nSPS) is 25.3. The number of aliphatic carboxylic acids is 1. The van der Waals surface area contributed by atoms with Crippen LogP contribution in [0.5, 0.6) is 0 Å². The number of hydrogen-bond donors (Lipinski definition) is 2. The number of nitrogens with one attached hydrogen (secondary N) is 1. The molecule has 1 aliphatic heterocycles. The van der Waals surface area contributed by atoms with Gasteiger partial charge in [0.2, 0.25) is 5.91 Å². The van der Waals surface area contributed by atoms with Crippen LogP contribution in [0.4, 0.5) is 4.79 Å². The van der Waals surface area contributed by atoms with Crippen molar-refractivity contribution in [3.8, 4) is 11.1 Å². The zero-order valence-corrected chi connectivity index (χ0v) is 19.3. The van der Waals surface area contributed by atoms with Gasteiger partial charge >= 0.3 is 12.1 Å². The number of nitrogens with zero attached hydrogens (tertiary/aromatic N) is 1. The second-order valence-corrected chi connectivity index (χ2v) is 9.93. The highest BCUT2D eigenvalue weighted by molar-refractivity contribution is 5.80. The molecule has 7 heteroatoms. The van der Waals surface area contributed by atoms with E-state index < -0.39 is 18.0 Å². The molecule has 3 aliphatic rings. The van der Waals surface area contributed by atoms with Crippen LogP contribution in [0.1, 0.15) is 43.2 Å². The van der Waals surface area contributed by atoms with E-state index in [1.54, 1.807) is 4.90 Å². The Hall–Kier alpha value is -3.35. The van der Waals surface area contributed by atoms with E-state index in [1.807, 2.05) is 31.2 Å². The average Bonchev–Trinajstić information content (AvgIpc) is 3.34. The number of carbonyl (C=O) groups excluding carboxylic acids is 2. The SMILES string of the molecule is C[C@@H]1CN(C(=O)CC2CC(NC(=O)OCC3c4ccccc4-c4ccccc43)C2)C[C@H]1C(=O)O. The number of amides is 2. The highest BCUT2D eigenvalue weighted by Gasteiger charge is 2.39. The number of hydrogen-bond acceptors (Lipinski definition) is 4. The van der Waals surface area contributed by atoms with Crippen molar-refractivity contribution in [3.63, 3.8) is 0 Å². The van der Waals surface area contributed by atoms with Gasteiger partial charge in [-0.25, -0.2) is 4.79 Å². The summed E-state index contributed by atoms with van der Waals surface area (Å²) in [5.74, 6) is -1.08. The molecular formula is C27H30N2O5. The van der Waals surface area contributed by atoms with Crippen molar-refractivity contribution < 1.29 is 24.2 Å². The second kappa shape index (κ2) is 9.12. The molecule has 0 aromatic heterocycles. The van der Waals surface area contributed by atoms with Crippen molar-refractivity contribution in [2.45, 2.75) is 38.1 Å². The average molecular weight is 463 g/mol. The first-order valence-electron chi connectivity index (χ1n) is 12.0. The number of alkyl carbamates (subject to hydrolysis) is 1. The third-order valence-electron chi connectivity index (χ3n) is 7.65. The number of fused-ring (bicyclic) bond motifs is 3. The number of carbonyl (C=O) groups is 3. The van der Waals surface area contributed by atoms with Gasteiger partial charge in [0.15, 0.2) is 0 Å². The monoisotopic (exact) mass is 462 g/mol. The first kappa shape index (κ1) is 22.4. The Kier molecular flexibility index (Phi) is 6.02. The van der Waals surface area contributed by atoms with Crippen LogP contribution in [0.2, 0.25) is 0 Å². The van der Waals surface area contributed by atoms with Crippen LogP contribution in [0.15, 0.2) is 48.5 Å². The summed E-state index contributed by atoms with van der Waals surface area (Å²) in [4.78, 5) is 38.0. The van der Waals surface area contributed by atoms with E-state index in [9.17, 15) is 19.5 Å². The molecule has 2 atom stereocenters. The van der Waals surface area contributed by atoms with Gasteiger partial charge in [0.1, 0.15) is 6.61 Å². The second-order valence-electron chi connectivity index (χ2n) is 9.93. The summed E-state index contributed by atoms with van der Waals surface area (Å²) in [5.41, 5.74) is 4.75. The molecule has 2 amide bonds. The molecular weight excluding hydrogens is 432 g/mol. The Morgan fingerprint density at radius 3 is 2.21 bits per heavy atom. The smallest absolute Gasteiger partial charge is 0.407 e. The fourth-order valence-corrected chi connectivity index (χ4v) is 5.69. The molecule has 2 aromatic rings. The third-order valence-corrected chi connectivity index (χ3v) is 7.65. The minimum atomic E-state index is -0.834. The molecule has 1 saturated heterocycles. The van der Waals surface area contributed by atoms with Gasteiger partial charge in [0.05, 0.1) is 5.92 Å². The number of carboxylic acids is 1. The zero-order valence-electron chi connectivity index (χ0n) is 19.3. The van der Waals surface area contributed by atoms with Crippen molar-refractivity contribution in [3.05, 3.63) is 59.7 Å². The Morgan fingerprint density at radius 1 is 1.00 bits per heavy atom. The molecule has 2 aromatic carbocycles. The number of benzene rings is 2. The van der Waals surface area contributed by atoms with Crippen LogP contribution in [0.25, 0.3) is 11.1 Å². The largest absolute Gasteiger partial charge is 0.481 e. The molecule has 2 aliphatic carbocycles.